The molecule has 1 saturated heterocycles. The number of nitrogens with one attached hydrogen (secondary N) is 2. The van der Waals surface area contributed by atoms with Crippen molar-refractivity contribution in [2.45, 2.75) is 18.9 Å². The number of likely N-dealkylation sites (tertiary alicyclic amines) is 1. The molecule has 132 valence electrons. The number of hydrogen-bond donors (Lipinski definition) is 2. The summed E-state index contributed by atoms with van der Waals surface area (Å²) in [6.45, 7) is 4.88. The van der Waals surface area contributed by atoms with Crippen LogP contribution in [0.15, 0.2) is 31.2 Å². The zero-order valence-electron chi connectivity index (χ0n) is 13.9. The minimum atomic E-state index is -0.0444. The van der Waals surface area contributed by atoms with E-state index in [1.54, 1.807) is 10.9 Å². The van der Waals surface area contributed by atoms with Gasteiger partial charge in [0.25, 0.3) is 0 Å². The molecule has 0 bridgehead atoms. The SMILES string of the molecule is C=CC(=O)N1CCC[C@H]1CNc1nc(Nc2cnn(C)c2)ncc1Cl. The highest BCUT2D eigenvalue weighted by Crippen LogP contribution is 2.23. The maximum Gasteiger partial charge on any atom is 0.246 e. The van der Waals surface area contributed by atoms with Crippen LogP contribution in [-0.4, -0.2) is 49.7 Å². The molecule has 2 N–H and O–H groups in total. The van der Waals surface area contributed by atoms with Gasteiger partial charge in [0.2, 0.25) is 11.9 Å². The highest BCUT2D eigenvalue weighted by molar-refractivity contribution is 6.32. The molecular weight excluding hydrogens is 342 g/mol. The van der Waals surface area contributed by atoms with Gasteiger partial charge in [-0.05, 0) is 18.9 Å². The Hall–Kier alpha value is -2.61. The Morgan fingerprint density at radius 3 is 3.08 bits per heavy atom. The molecule has 1 amide bonds. The lowest BCUT2D eigenvalue weighted by Gasteiger charge is -2.24. The van der Waals surface area contributed by atoms with Crippen molar-refractivity contribution in [3.8, 4) is 0 Å². The molecular formula is C16H20ClN7O. The number of rotatable bonds is 6. The van der Waals surface area contributed by atoms with Gasteiger partial charge in [0.05, 0.1) is 18.1 Å². The first-order chi connectivity index (χ1) is 12.1. The molecule has 3 rings (SSSR count). The highest BCUT2D eigenvalue weighted by atomic mass is 35.5. The third-order valence-electron chi connectivity index (χ3n) is 4.05. The van der Waals surface area contributed by atoms with Gasteiger partial charge in [-0.1, -0.05) is 18.2 Å². The predicted octanol–water partition coefficient (Wildman–Crippen LogP) is 2.20. The fourth-order valence-corrected chi connectivity index (χ4v) is 2.99. The quantitative estimate of drug-likeness (QED) is 0.767. The normalized spacial score (nSPS) is 16.7. The molecule has 0 aliphatic carbocycles. The number of aromatic nitrogens is 4. The van der Waals surface area contributed by atoms with Crippen LogP contribution in [0, 0.1) is 0 Å². The van der Waals surface area contributed by atoms with Crippen LogP contribution in [0.4, 0.5) is 17.5 Å². The average molecular weight is 362 g/mol. The molecule has 2 aromatic heterocycles. The van der Waals surface area contributed by atoms with E-state index < -0.39 is 0 Å². The largest absolute Gasteiger partial charge is 0.367 e. The molecule has 0 aromatic carbocycles. The molecule has 9 heteroatoms. The van der Waals surface area contributed by atoms with Gasteiger partial charge >= 0.3 is 0 Å². The predicted molar refractivity (Wildman–Crippen MR) is 97.0 cm³/mol. The monoisotopic (exact) mass is 361 g/mol. The van der Waals surface area contributed by atoms with E-state index in [4.69, 9.17) is 11.6 Å². The first-order valence-electron chi connectivity index (χ1n) is 8.02. The van der Waals surface area contributed by atoms with Gasteiger partial charge in [0.15, 0.2) is 5.82 Å². The molecule has 3 heterocycles. The van der Waals surface area contributed by atoms with Gasteiger partial charge in [-0.3, -0.25) is 9.48 Å². The van der Waals surface area contributed by atoms with Crippen molar-refractivity contribution < 1.29 is 4.79 Å². The third kappa shape index (κ3) is 4.08. The zero-order chi connectivity index (χ0) is 17.8. The first kappa shape index (κ1) is 17.2. The minimum Gasteiger partial charge on any atom is -0.367 e. The summed E-state index contributed by atoms with van der Waals surface area (Å²) in [6.07, 6.45) is 8.32. The van der Waals surface area contributed by atoms with Crippen LogP contribution in [0.25, 0.3) is 0 Å². The Labute approximate surface area is 150 Å². The summed E-state index contributed by atoms with van der Waals surface area (Å²) in [5, 5.41) is 10.8. The maximum atomic E-state index is 11.9. The average Bonchev–Trinajstić information content (AvgIpc) is 3.23. The van der Waals surface area contributed by atoms with Crippen LogP contribution in [0.3, 0.4) is 0 Å². The van der Waals surface area contributed by atoms with Crippen LogP contribution in [0.2, 0.25) is 5.02 Å². The van der Waals surface area contributed by atoms with Crippen molar-refractivity contribution in [3.05, 3.63) is 36.3 Å². The van der Waals surface area contributed by atoms with Gasteiger partial charge in [-0.15, -0.1) is 0 Å². The van der Waals surface area contributed by atoms with Gasteiger partial charge < -0.3 is 15.5 Å². The lowest BCUT2D eigenvalue weighted by molar-refractivity contribution is -0.126. The molecule has 1 aliphatic rings. The molecule has 1 fully saturated rings. The summed E-state index contributed by atoms with van der Waals surface area (Å²) >= 11 is 6.19. The first-order valence-corrected chi connectivity index (χ1v) is 8.39. The topological polar surface area (TPSA) is 88.0 Å². The number of anilines is 3. The molecule has 1 atom stereocenters. The number of hydrogen-bond acceptors (Lipinski definition) is 6. The van der Waals surface area contributed by atoms with Crippen molar-refractivity contribution in [2.24, 2.45) is 7.05 Å². The second-order valence-corrected chi connectivity index (χ2v) is 6.24. The molecule has 0 unspecified atom stereocenters. The van der Waals surface area contributed by atoms with Crippen molar-refractivity contribution >= 4 is 35.0 Å². The lowest BCUT2D eigenvalue weighted by atomic mass is 10.2. The third-order valence-corrected chi connectivity index (χ3v) is 4.32. The van der Waals surface area contributed by atoms with E-state index >= 15 is 0 Å². The number of carbonyl (C=O) groups is 1. The molecule has 2 aromatic rings. The Kier molecular flexibility index (Phi) is 5.18. The Balaban J connectivity index is 1.66. The summed E-state index contributed by atoms with van der Waals surface area (Å²) in [5.41, 5.74) is 0.786. The summed E-state index contributed by atoms with van der Waals surface area (Å²) in [4.78, 5) is 22.3. The van der Waals surface area contributed by atoms with Crippen molar-refractivity contribution in [1.82, 2.24) is 24.6 Å². The molecule has 0 saturated carbocycles. The maximum absolute atomic E-state index is 11.9. The Bertz CT molecular complexity index is 776. The lowest BCUT2D eigenvalue weighted by Crippen LogP contribution is -2.38. The van der Waals surface area contributed by atoms with Crippen molar-refractivity contribution in [3.63, 3.8) is 0 Å². The van der Waals surface area contributed by atoms with E-state index in [0.717, 1.165) is 25.1 Å². The molecule has 1 aliphatic heterocycles. The molecule has 8 nitrogen and oxygen atoms in total. The van der Waals surface area contributed by atoms with Gasteiger partial charge in [0.1, 0.15) is 5.02 Å². The van der Waals surface area contributed by atoms with Crippen molar-refractivity contribution in [2.75, 3.05) is 23.7 Å². The van der Waals surface area contributed by atoms with E-state index in [2.05, 4.69) is 32.3 Å². The summed E-state index contributed by atoms with van der Waals surface area (Å²) in [7, 11) is 1.83. The summed E-state index contributed by atoms with van der Waals surface area (Å²) in [5.74, 6) is 0.906. The standard InChI is InChI=1S/C16H20ClN7O/c1-3-14(25)24-6-4-5-12(24)8-18-15-13(17)9-19-16(22-15)21-11-7-20-23(2)10-11/h3,7,9-10,12H,1,4-6,8H2,2H3,(H2,18,19,21,22)/t12-/m0/s1. The van der Waals surface area contributed by atoms with Crippen LogP contribution in [0.5, 0.6) is 0 Å². The van der Waals surface area contributed by atoms with Gasteiger partial charge in [0, 0.05) is 32.4 Å². The van der Waals surface area contributed by atoms with Gasteiger partial charge in [-0.25, -0.2) is 4.98 Å². The summed E-state index contributed by atoms with van der Waals surface area (Å²) < 4.78 is 1.68. The van der Waals surface area contributed by atoms with E-state index in [1.165, 1.54) is 12.3 Å². The fourth-order valence-electron chi connectivity index (χ4n) is 2.84. The molecule has 0 radical (unpaired) electrons. The Morgan fingerprint density at radius 2 is 2.36 bits per heavy atom. The highest BCUT2D eigenvalue weighted by Gasteiger charge is 2.27. The molecule has 25 heavy (non-hydrogen) atoms. The number of amides is 1. The van der Waals surface area contributed by atoms with Crippen LogP contribution in [-0.2, 0) is 11.8 Å². The Morgan fingerprint density at radius 1 is 1.52 bits per heavy atom. The van der Waals surface area contributed by atoms with Crippen LogP contribution >= 0.6 is 11.6 Å². The zero-order valence-corrected chi connectivity index (χ0v) is 14.7. The fraction of sp³-hybridized carbons (Fsp3) is 0.375. The van der Waals surface area contributed by atoms with E-state index in [-0.39, 0.29) is 11.9 Å². The van der Waals surface area contributed by atoms with E-state index in [9.17, 15) is 4.79 Å². The van der Waals surface area contributed by atoms with Crippen molar-refractivity contribution in [1.29, 1.82) is 0 Å². The molecule has 0 spiro atoms. The number of halogens is 1. The van der Waals surface area contributed by atoms with E-state index in [1.807, 2.05) is 18.1 Å². The second-order valence-electron chi connectivity index (χ2n) is 5.83. The number of aryl methyl sites for hydroxylation is 1. The van der Waals surface area contributed by atoms with Crippen LogP contribution < -0.4 is 10.6 Å². The number of nitrogens with zero attached hydrogens (tertiary/aromatic N) is 5. The van der Waals surface area contributed by atoms with Gasteiger partial charge in [-0.2, -0.15) is 10.1 Å². The second kappa shape index (κ2) is 7.52. The minimum absolute atomic E-state index is 0.0444. The van der Waals surface area contributed by atoms with E-state index in [0.29, 0.717) is 23.3 Å². The smallest absolute Gasteiger partial charge is 0.246 e. The summed E-state index contributed by atoms with van der Waals surface area (Å²) in [6, 6.07) is 0.103. The number of carbonyl (C=O) groups excluding carboxylic acids is 1. The van der Waals surface area contributed by atoms with Crippen LogP contribution in [0.1, 0.15) is 12.8 Å².